The van der Waals surface area contributed by atoms with Crippen LogP contribution in [0.1, 0.15) is 13.8 Å². The molecule has 7 rings (SSSR count). The van der Waals surface area contributed by atoms with E-state index in [1.807, 2.05) is 54.6 Å². The third kappa shape index (κ3) is 5.15. The van der Waals surface area contributed by atoms with Crippen LogP contribution >= 0.6 is 34.4 Å². The maximum Gasteiger partial charge on any atom is 0.262 e. The lowest BCUT2D eigenvalue weighted by molar-refractivity contribution is 0.475. The van der Waals surface area contributed by atoms with Crippen molar-refractivity contribution in [3.8, 4) is 32.3 Å². The lowest BCUT2D eigenvalue weighted by Gasteiger charge is -2.14. The molecule has 0 aliphatic carbocycles. The summed E-state index contributed by atoms with van der Waals surface area (Å²) in [5.41, 5.74) is 3.02. The molecule has 5 heterocycles. The Morgan fingerprint density at radius 1 is 0.762 bits per heavy atom. The molecule has 6 nitrogen and oxygen atoms in total. The van der Waals surface area contributed by atoms with E-state index in [9.17, 15) is 4.79 Å². The van der Waals surface area contributed by atoms with Gasteiger partial charge in [0.05, 0.1) is 5.39 Å². The fourth-order valence-corrected chi connectivity index (χ4v) is 7.94. The van der Waals surface area contributed by atoms with Crippen LogP contribution in [-0.4, -0.2) is 24.5 Å². The van der Waals surface area contributed by atoms with Crippen molar-refractivity contribution in [3.63, 3.8) is 0 Å². The highest BCUT2D eigenvalue weighted by Crippen LogP contribution is 2.40. The zero-order chi connectivity index (χ0) is 28.6. The van der Waals surface area contributed by atoms with Crippen LogP contribution in [0.2, 0.25) is 0 Å². The topological polar surface area (TPSA) is 73.6 Å². The van der Waals surface area contributed by atoms with E-state index >= 15 is 0 Å². The summed E-state index contributed by atoms with van der Waals surface area (Å²) in [7, 11) is 0. The van der Waals surface area contributed by atoms with Crippen molar-refractivity contribution in [3.05, 3.63) is 108 Å². The molecule has 0 bridgehead atoms. The van der Waals surface area contributed by atoms with Crippen molar-refractivity contribution in [2.45, 2.75) is 30.6 Å². The minimum atomic E-state index is -0.0253. The van der Waals surface area contributed by atoms with Crippen LogP contribution < -0.4 is 5.56 Å². The van der Waals surface area contributed by atoms with E-state index in [1.165, 1.54) is 11.8 Å². The summed E-state index contributed by atoms with van der Waals surface area (Å²) in [6.45, 7) is 4.79. The number of aromatic nitrogens is 5. The third-order valence-electron chi connectivity index (χ3n) is 6.75. The van der Waals surface area contributed by atoms with Crippen molar-refractivity contribution in [2.75, 3.05) is 0 Å². The smallest absolute Gasteiger partial charge is 0.262 e. The molecule has 0 aliphatic heterocycles. The van der Waals surface area contributed by atoms with Gasteiger partial charge in [0.15, 0.2) is 11.0 Å². The number of fused-ring (bicyclic) bond motifs is 2. The Morgan fingerprint density at radius 2 is 1.38 bits per heavy atom. The van der Waals surface area contributed by atoms with Crippen LogP contribution in [0.25, 0.3) is 52.7 Å². The van der Waals surface area contributed by atoms with E-state index in [4.69, 9.17) is 15.0 Å². The number of nitrogens with zero attached hydrogens (tertiary/aromatic N) is 5. The van der Waals surface area contributed by atoms with E-state index in [0.717, 1.165) is 46.5 Å². The quantitative estimate of drug-likeness (QED) is 0.134. The Hall–Kier alpha value is -4.18. The lowest BCUT2D eigenvalue weighted by atomic mass is 10.2. The van der Waals surface area contributed by atoms with Crippen LogP contribution in [0.5, 0.6) is 0 Å². The Labute approximate surface area is 254 Å². The van der Waals surface area contributed by atoms with Crippen LogP contribution in [0.15, 0.2) is 112 Å². The predicted molar refractivity (Wildman–Crippen MR) is 174 cm³/mol. The van der Waals surface area contributed by atoms with Crippen LogP contribution in [0.4, 0.5) is 0 Å². The summed E-state index contributed by atoms with van der Waals surface area (Å²) in [4.78, 5) is 37.0. The largest absolute Gasteiger partial charge is 0.286 e. The fraction of sp³-hybridized carbons (Fsp3) is 0.121. The first kappa shape index (κ1) is 26.7. The van der Waals surface area contributed by atoms with E-state index < -0.39 is 0 Å². The highest BCUT2D eigenvalue weighted by Gasteiger charge is 2.21. The van der Waals surface area contributed by atoms with Gasteiger partial charge in [-0.15, -0.1) is 22.7 Å². The van der Waals surface area contributed by atoms with Gasteiger partial charge in [0, 0.05) is 39.6 Å². The fourth-order valence-electron chi connectivity index (χ4n) is 4.77. The molecule has 0 atom stereocenters. The zero-order valence-corrected chi connectivity index (χ0v) is 25.3. The Morgan fingerprint density at radius 3 is 2.00 bits per heavy atom. The molecule has 9 heteroatoms. The van der Waals surface area contributed by atoms with Crippen molar-refractivity contribution in [1.29, 1.82) is 0 Å². The first-order valence-electron chi connectivity index (χ1n) is 13.6. The van der Waals surface area contributed by atoms with Gasteiger partial charge >= 0.3 is 0 Å². The van der Waals surface area contributed by atoms with Gasteiger partial charge in [-0.3, -0.25) is 14.3 Å². The number of benzene rings is 2. The summed E-state index contributed by atoms with van der Waals surface area (Å²) >= 11 is 4.61. The van der Waals surface area contributed by atoms with Crippen LogP contribution in [0, 0.1) is 5.92 Å². The molecular weight excluding hydrogens is 579 g/mol. The molecule has 7 aromatic rings. The van der Waals surface area contributed by atoms with Gasteiger partial charge in [0.2, 0.25) is 0 Å². The SMILES string of the molecule is CC(C)Cn1c(Sc2nc(-c3cccnc3)nc3sc(-c4ccccc4)cc23)nc2sc(-c3ccccc3)cc2c1=O. The molecule has 0 saturated carbocycles. The molecule has 5 aromatic heterocycles. The second-order valence-corrected chi connectivity index (χ2v) is 13.3. The summed E-state index contributed by atoms with van der Waals surface area (Å²) in [6, 6.07) is 28.4. The monoisotopic (exact) mass is 603 g/mol. The van der Waals surface area contributed by atoms with E-state index in [2.05, 4.69) is 49.2 Å². The molecule has 0 N–H and O–H groups in total. The summed E-state index contributed by atoms with van der Waals surface area (Å²) in [5, 5.41) is 2.99. The number of thiophene rings is 2. The van der Waals surface area contributed by atoms with Crippen LogP contribution in [0.3, 0.4) is 0 Å². The molecule has 0 radical (unpaired) electrons. The summed E-state index contributed by atoms with van der Waals surface area (Å²) in [6.07, 6.45) is 3.52. The average molecular weight is 604 g/mol. The van der Waals surface area contributed by atoms with Gasteiger partial charge in [-0.1, -0.05) is 74.5 Å². The van der Waals surface area contributed by atoms with Gasteiger partial charge in [0.1, 0.15) is 14.7 Å². The van der Waals surface area contributed by atoms with Gasteiger partial charge in [-0.2, -0.15) is 0 Å². The van der Waals surface area contributed by atoms with Crippen molar-refractivity contribution in [1.82, 2.24) is 24.5 Å². The second kappa shape index (κ2) is 11.2. The minimum absolute atomic E-state index is 0.0253. The third-order valence-corrected chi connectivity index (χ3v) is 9.90. The second-order valence-electron chi connectivity index (χ2n) is 10.3. The molecule has 0 fully saturated rings. The maximum atomic E-state index is 13.9. The van der Waals surface area contributed by atoms with Gasteiger partial charge in [0.25, 0.3) is 5.56 Å². The van der Waals surface area contributed by atoms with Gasteiger partial charge in [-0.25, -0.2) is 15.0 Å². The average Bonchev–Trinajstić information content (AvgIpc) is 3.65. The Bertz CT molecular complexity index is 2090. The molecular formula is C33H25N5OS3. The number of rotatable bonds is 7. The van der Waals surface area contributed by atoms with Crippen LogP contribution in [-0.2, 0) is 6.54 Å². The summed E-state index contributed by atoms with van der Waals surface area (Å²) in [5.74, 6) is 0.858. The van der Waals surface area contributed by atoms with Gasteiger partial charge in [-0.05, 0) is 53.1 Å². The highest BCUT2D eigenvalue weighted by molar-refractivity contribution is 7.99. The molecule has 2 aromatic carbocycles. The van der Waals surface area contributed by atoms with Gasteiger partial charge < -0.3 is 0 Å². The molecule has 0 aliphatic rings. The van der Waals surface area contributed by atoms with Crippen molar-refractivity contribution < 1.29 is 0 Å². The first-order valence-corrected chi connectivity index (χ1v) is 16.0. The summed E-state index contributed by atoms with van der Waals surface area (Å²) < 4.78 is 1.81. The standard InChI is InChI=1S/C33H25N5OS3/c1-20(2)19-38-32(39)25-17-27(22-12-7-4-8-13-22)41-31(25)37-33(38)42-30-24-16-26(21-10-5-3-6-11-21)40-29(24)35-28(36-30)23-14-9-15-34-18-23/h3-18,20H,19H2,1-2H3. The Balaban J connectivity index is 1.41. The van der Waals surface area contributed by atoms with E-state index in [-0.39, 0.29) is 11.5 Å². The normalized spacial score (nSPS) is 11.6. The minimum Gasteiger partial charge on any atom is -0.286 e. The van der Waals surface area contributed by atoms with Crippen molar-refractivity contribution >= 4 is 54.9 Å². The lowest BCUT2D eigenvalue weighted by Crippen LogP contribution is -2.25. The molecule has 206 valence electrons. The number of pyridine rings is 1. The predicted octanol–water partition coefficient (Wildman–Crippen LogP) is 8.67. The van der Waals surface area contributed by atoms with Crippen molar-refractivity contribution in [2.24, 2.45) is 5.92 Å². The number of hydrogen-bond acceptors (Lipinski definition) is 8. The highest BCUT2D eigenvalue weighted by atomic mass is 32.2. The molecule has 0 amide bonds. The van der Waals surface area contributed by atoms with E-state index in [1.54, 1.807) is 39.6 Å². The Kier molecular flexibility index (Phi) is 7.15. The molecule has 0 saturated heterocycles. The molecule has 42 heavy (non-hydrogen) atoms. The zero-order valence-electron chi connectivity index (χ0n) is 22.9. The van der Waals surface area contributed by atoms with E-state index in [0.29, 0.717) is 22.9 Å². The molecule has 0 unspecified atom stereocenters. The number of hydrogen-bond donors (Lipinski definition) is 0. The first-order chi connectivity index (χ1) is 20.5. The molecule has 0 spiro atoms. The maximum absolute atomic E-state index is 13.9.